The van der Waals surface area contributed by atoms with E-state index in [2.05, 4.69) is 5.32 Å². The van der Waals surface area contributed by atoms with Crippen molar-refractivity contribution in [2.75, 3.05) is 37.6 Å². The van der Waals surface area contributed by atoms with Gasteiger partial charge in [-0.05, 0) is 48.9 Å². The molecule has 0 aromatic heterocycles. The number of aryl methyl sites for hydroxylation is 1. The lowest BCUT2D eigenvalue weighted by molar-refractivity contribution is -0.151. The Balaban J connectivity index is 1.55. The van der Waals surface area contributed by atoms with Crippen LogP contribution in [0, 0.1) is 12.8 Å². The van der Waals surface area contributed by atoms with Crippen molar-refractivity contribution in [1.82, 2.24) is 0 Å². The Morgan fingerprint density at radius 1 is 1.10 bits per heavy atom. The molecule has 8 nitrogen and oxygen atoms in total. The number of esters is 1. The number of rotatable bonds is 7. The molecule has 0 aliphatic carbocycles. The van der Waals surface area contributed by atoms with E-state index in [9.17, 15) is 14.4 Å². The second-order valence-electron chi connectivity index (χ2n) is 6.97. The highest BCUT2D eigenvalue weighted by molar-refractivity contribution is 6.01. The molecule has 0 spiro atoms. The Morgan fingerprint density at radius 3 is 2.50 bits per heavy atom. The van der Waals surface area contributed by atoms with Crippen LogP contribution in [-0.4, -0.2) is 45.2 Å². The van der Waals surface area contributed by atoms with Gasteiger partial charge in [-0.15, -0.1) is 0 Å². The van der Waals surface area contributed by atoms with E-state index >= 15 is 0 Å². The maximum Gasteiger partial charge on any atom is 0.311 e. The van der Waals surface area contributed by atoms with Crippen LogP contribution < -0.4 is 19.7 Å². The molecule has 158 valence electrons. The molecule has 1 N–H and O–H groups in total. The molecule has 1 aliphatic heterocycles. The van der Waals surface area contributed by atoms with Gasteiger partial charge < -0.3 is 24.4 Å². The molecule has 1 atom stereocenters. The first kappa shape index (κ1) is 21.2. The molecule has 30 heavy (non-hydrogen) atoms. The first-order valence-electron chi connectivity index (χ1n) is 9.47. The van der Waals surface area contributed by atoms with Crippen LogP contribution in [0.25, 0.3) is 0 Å². The molecular weight excluding hydrogens is 388 g/mol. The van der Waals surface area contributed by atoms with E-state index in [-0.39, 0.29) is 18.9 Å². The summed E-state index contributed by atoms with van der Waals surface area (Å²) in [6, 6.07) is 12.3. The molecule has 3 rings (SSSR count). The van der Waals surface area contributed by atoms with Gasteiger partial charge in [0.15, 0.2) is 6.61 Å². The standard InChI is InChI=1S/C22H24N2O6/c1-14-4-9-19(29-3)18(10-14)24-12-15(11-21(24)26)22(27)30-13-20(25)23-16-5-7-17(28-2)8-6-16/h4-10,15H,11-13H2,1-3H3,(H,23,25)/t15-/m1/s1. The summed E-state index contributed by atoms with van der Waals surface area (Å²) in [5.41, 5.74) is 2.15. The second-order valence-corrected chi connectivity index (χ2v) is 6.97. The number of hydrogen-bond donors (Lipinski definition) is 1. The maximum absolute atomic E-state index is 12.5. The first-order chi connectivity index (χ1) is 14.4. The summed E-state index contributed by atoms with van der Waals surface area (Å²) in [6.07, 6.45) is 0.0238. The summed E-state index contributed by atoms with van der Waals surface area (Å²) in [6.45, 7) is 1.66. The largest absolute Gasteiger partial charge is 0.497 e. The molecule has 1 fully saturated rings. The highest BCUT2D eigenvalue weighted by Crippen LogP contribution is 2.34. The molecule has 1 saturated heterocycles. The molecule has 2 aromatic rings. The maximum atomic E-state index is 12.5. The summed E-state index contributed by atoms with van der Waals surface area (Å²) in [5.74, 6) is -0.653. The predicted octanol–water partition coefficient (Wildman–Crippen LogP) is 2.55. The number of anilines is 2. The number of carbonyl (C=O) groups excluding carboxylic acids is 3. The van der Waals surface area contributed by atoms with Gasteiger partial charge in [0.2, 0.25) is 5.91 Å². The molecule has 0 unspecified atom stereocenters. The van der Waals surface area contributed by atoms with E-state index in [1.165, 1.54) is 12.0 Å². The summed E-state index contributed by atoms with van der Waals surface area (Å²) < 4.78 is 15.5. The molecule has 1 aliphatic rings. The van der Waals surface area contributed by atoms with Crippen LogP contribution in [0.1, 0.15) is 12.0 Å². The van der Waals surface area contributed by atoms with Gasteiger partial charge in [0, 0.05) is 18.7 Å². The fourth-order valence-electron chi connectivity index (χ4n) is 3.24. The van der Waals surface area contributed by atoms with Gasteiger partial charge in [0.25, 0.3) is 5.91 Å². The minimum Gasteiger partial charge on any atom is -0.497 e. The van der Waals surface area contributed by atoms with Gasteiger partial charge in [-0.3, -0.25) is 14.4 Å². The number of nitrogens with zero attached hydrogens (tertiary/aromatic N) is 1. The molecule has 0 radical (unpaired) electrons. The fraction of sp³-hybridized carbons (Fsp3) is 0.318. The van der Waals surface area contributed by atoms with Crippen molar-refractivity contribution in [2.24, 2.45) is 5.92 Å². The van der Waals surface area contributed by atoms with Gasteiger partial charge in [-0.1, -0.05) is 6.07 Å². The van der Waals surface area contributed by atoms with Gasteiger partial charge in [-0.2, -0.15) is 0 Å². The van der Waals surface area contributed by atoms with Crippen LogP contribution in [0.4, 0.5) is 11.4 Å². The normalized spacial score (nSPS) is 15.6. The zero-order valence-electron chi connectivity index (χ0n) is 17.1. The quantitative estimate of drug-likeness (QED) is 0.703. The lowest BCUT2D eigenvalue weighted by Crippen LogP contribution is -2.28. The topological polar surface area (TPSA) is 94.2 Å². The van der Waals surface area contributed by atoms with Crippen LogP contribution in [0.5, 0.6) is 11.5 Å². The summed E-state index contributed by atoms with van der Waals surface area (Å²) in [7, 11) is 3.08. The van der Waals surface area contributed by atoms with Crippen molar-refractivity contribution in [2.45, 2.75) is 13.3 Å². The molecule has 2 aromatic carbocycles. The summed E-state index contributed by atoms with van der Waals surface area (Å²) in [5, 5.41) is 2.64. The van der Waals surface area contributed by atoms with Crippen LogP contribution in [0.3, 0.4) is 0 Å². The highest BCUT2D eigenvalue weighted by atomic mass is 16.5. The molecule has 0 saturated carbocycles. The van der Waals surface area contributed by atoms with Crippen molar-refractivity contribution in [3.63, 3.8) is 0 Å². The fourth-order valence-corrected chi connectivity index (χ4v) is 3.24. The number of carbonyl (C=O) groups is 3. The molecule has 8 heteroatoms. The minimum atomic E-state index is -0.642. The average Bonchev–Trinajstić information content (AvgIpc) is 3.14. The van der Waals surface area contributed by atoms with Gasteiger partial charge in [-0.25, -0.2) is 0 Å². The van der Waals surface area contributed by atoms with E-state index in [1.807, 2.05) is 19.1 Å². The van der Waals surface area contributed by atoms with E-state index in [4.69, 9.17) is 14.2 Å². The minimum absolute atomic E-state index is 0.0238. The lowest BCUT2D eigenvalue weighted by atomic mass is 10.1. The zero-order chi connectivity index (χ0) is 21.7. The lowest BCUT2D eigenvalue weighted by Gasteiger charge is -2.20. The summed E-state index contributed by atoms with van der Waals surface area (Å²) in [4.78, 5) is 38.4. The monoisotopic (exact) mass is 412 g/mol. The smallest absolute Gasteiger partial charge is 0.311 e. The van der Waals surface area contributed by atoms with Crippen molar-refractivity contribution in [3.8, 4) is 11.5 Å². The van der Waals surface area contributed by atoms with Gasteiger partial charge in [0.05, 0.1) is 25.8 Å². The number of ether oxygens (including phenoxy) is 3. The Labute approximate surface area is 174 Å². The average molecular weight is 412 g/mol. The number of nitrogens with one attached hydrogen (secondary N) is 1. The van der Waals surface area contributed by atoms with Crippen molar-refractivity contribution in [1.29, 1.82) is 0 Å². The molecule has 0 bridgehead atoms. The number of methoxy groups -OCH3 is 2. The Kier molecular flexibility index (Phi) is 6.56. The molecular formula is C22H24N2O6. The third-order valence-electron chi connectivity index (χ3n) is 4.80. The van der Waals surface area contributed by atoms with Crippen molar-refractivity contribution in [3.05, 3.63) is 48.0 Å². The Hall–Kier alpha value is -3.55. The third-order valence-corrected chi connectivity index (χ3v) is 4.80. The van der Waals surface area contributed by atoms with E-state index < -0.39 is 24.4 Å². The summed E-state index contributed by atoms with van der Waals surface area (Å²) >= 11 is 0. The van der Waals surface area contributed by atoms with Crippen molar-refractivity contribution >= 4 is 29.2 Å². The number of hydrogen-bond acceptors (Lipinski definition) is 6. The Morgan fingerprint density at radius 2 is 1.83 bits per heavy atom. The Bertz CT molecular complexity index is 941. The number of amides is 2. The van der Waals surface area contributed by atoms with E-state index in [0.29, 0.717) is 22.9 Å². The van der Waals surface area contributed by atoms with Crippen LogP contribution >= 0.6 is 0 Å². The van der Waals surface area contributed by atoms with Crippen LogP contribution in [-0.2, 0) is 19.1 Å². The van der Waals surface area contributed by atoms with E-state index in [0.717, 1.165) is 5.56 Å². The SMILES string of the molecule is COc1ccc(NC(=O)COC(=O)[C@@H]2CC(=O)N(c3cc(C)ccc3OC)C2)cc1. The van der Waals surface area contributed by atoms with E-state index in [1.54, 1.807) is 37.4 Å². The van der Waals surface area contributed by atoms with Crippen LogP contribution in [0.2, 0.25) is 0 Å². The van der Waals surface area contributed by atoms with Crippen molar-refractivity contribution < 1.29 is 28.6 Å². The predicted molar refractivity (Wildman–Crippen MR) is 111 cm³/mol. The molecule has 2 amide bonds. The first-order valence-corrected chi connectivity index (χ1v) is 9.47. The zero-order valence-corrected chi connectivity index (χ0v) is 17.1. The number of benzene rings is 2. The van der Waals surface area contributed by atoms with Gasteiger partial charge >= 0.3 is 5.97 Å². The third kappa shape index (κ3) is 4.89. The van der Waals surface area contributed by atoms with Gasteiger partial charge in [0.1, 0.15) is 11.5 Å². The van der Waals surface area contributed by atoms with Crippen LogP contribution in [0.15, 0.2) is 42.5 Å². The highest BCUT2D eigenvalue weighted by Gasteiger charge is 2.37. The molecule has 1 heterocycles. The second kappa shape index (κ2) is 9.30.